The van der Waals surface area contributed by atoms with Crippen LogP contribution in [0, 0.1) is 0 Å². The third-order valence-corrected chi connectivity index (χ3v) is 6.06. The summed E-state index contributed by atoms with van der Waals surface area (Å²) in [5.41, 5.74) is 2.66. The Hall–Kier alpha value is -2.61. The highest BCUT2D eigenvalue weighted by Crippen LogP contribution is 2.36. The maximum Gasteiger partial charge on any atom is 0.269 e. The first-order valence-electron chi connectivity index (χ1n) is 8.46. The summed E-state index contributed by atoms with van der Waals surface area (Å²) < 4.78 is 0.948. The predicted octanol–water partition coefficient (Wildman–Crippen LogP) is 4.45. The van der Waals surface area contributed by atoms with Crippen LogP contribution in [0.1, 0.15) is 15.2 Å². The third kappa shape index (κ3) is 3.22. The normalized spacial score (nSPS) is 13.2. The van der Waals surface area contributed by atoms with Crippen LogP contribution in [0.3, 0.4) is 0 Å². The molecule has 1 amide bonds. The summed E-state index contributed by atoms with van der Waals surface area (Å²) in [6.07, 6.45) is 0. The second-order valence-corrected chi connectivity index (χ2v) is 7.60. The van der Waals surface area contributed by atoms with Crippen LogP contribution in [0.25, 0.3) is 21.1 Å². The van der Waals surface area contributed by atoms with E-state index in [1.165, 1.54) is 11.3 Å². The fourth-order valence-electron chi connectivity index (χ4n) is 3.13. The molecule has 142 valence electrons. The summed E-state index contributed by atoms with van der Waals surface area (Å²) in [5.74, 6) is 1.01. The Bertz CT molecular complexity index is 1200. The average Bonchev–Trinajstić information content (AvgIpc) is 3.39. The fraction of sp³-hybridized carbons (Fsp3) is 0.105. The lowest BCUT2D eigenvalue weighted by Gasteiger charge is -2.01. The van der Waals surface area contributed by atoms with Gasteiger partial charge in [0.2, 0.25) is 5.95 Å². The third-order valence-electron chi connectivity index (χ3n) is 4.40. The van der Waals surface area contributed by atoms with Gasteiger partial charge >= 0.3 is 0 Å². The van der Waals surface area contributed by atoms with Gasteiger partial charge in [0.1, 0.15) is 10.7 Å². The van der Waals surface area contributed by atoms with Crippen molar-refractivity contribution in [3.63, 3.8) is 0 Å². The number of nitrogens with one attached hydrogen (secondary N) is 3. The van der Waals surface area contributed by atoms with Crippen molar-refractivity contribution in [1.29, 1.82) is 0 Å². The molecule has 0 saturated heterocycles. The Morgan fingerprint density at radius 3 is 2.86 bits per heavy atom. The number of imidazole rings is 1. The van der Waals surface area contributed by atoms with Gasteiger partial charge in [0.15, 0.2) is 0 Å². The zero-order chi connectivity index (χ0) is 18.4. The van der Waals surface area contributed by atoms with E-state index in [1.807, 2.05) is 42.5 Å². The van der Waals surface area contributed by atoms with E-state index >= 15 is 0 Å². The number of carbonyl (C=O) groups is 1. The predicted molar refractivity (Wildman–Crippen MR) is 118 cm³/mol. The van der Waals surface area contributed by atoms with Crippen LogP contribution in [0.5, 0.6) is 0 Å². The number of para-hydroxylation sites is 2. The van der Waals surface area contributed by atoms with Crippen molar-refractivity contribution in [2.45, 2.75) is 0 Å². The molecule has 9 heteroatoms. The van der Waals surface area contributed by atoms with Gasteiger partial charge in [-0.2, -0.15) is 0 Å². The zero-order valence-corrected chi connectivity index (χ0v) is 16.8. The molecule has 3 N–H and O–H groups in total. The molecular formula is C19H15Cl2N5OS. The molecule has 2 aromatic carbocycles. The number of aliphatic imine (C=N–C) groups is 1. The number of hydrogen-bond acceptors (Lipinski definition) is 5. The number of benzene rings is 2. The van der Waals surface area contributed by atoms with Crippen molar-refractivity contribution in [3.8, 4) is 0 Å². The number of amides is 1. The molecule has 28 heavy (non-hydrogen) atoms. The summed E-state index contributed by atoms with van der Waals surface area (Å²) in [6.45, 7) is 1.63. The molecule has 1 aliphatic rings. The van der Waals surface area contributed by atoms with Crippen LogP contribution < -0.4 is 10.6 Å². The molecule has 4 aromatic rings. The molecule has 0 bridgehead atoms. The second-order valence-electron chi connectivity index (χ2n) is 6.17. The van der Waals surface area contributed by atoms with Gasteiger partial charge in [-0.25, -0.2) is 4.98 Å². The highest BCUT2D eigenvalue weighted by atomic mass is 35.5. The Morgan fingerprint density at radius 1 is 1.21 bits per heavy atom. The van der Waals surface area contributed by atoms with Gasteiger partial charge in [-0.15, -0.1) is 23.7 Å². The van der Waals surface area contributed by atoms with E-state index < -0.39 is 0 Å². The van der Waals surface area contributed by atoms with Crippen LogP contribution in [0.2, 0.25) is 5.02 Å². The van der Waals surface area contributed by atoms with Crippen molar-refractivity contribution < 1.29 is 4.79 Å². The number of carbonyl (C=O) groups excluding carboxylic acids is 1. The van der Waals surface area contributed by atoms with Gasteiger partial charge in [-0.05, 0) is 18.2 Å². The second kappa shape index (κ2) is 7.43. The van der Waals surface area contributed by atoms with Gasteiger partial charge in [-0.1, -0.05) is 35.9 Å². The number of fused-ring (bicyclic) bond motifs is 2. The number of anilines is 1. The smallest absolute Gasteiger partial charge is 0.269 e. The van der Waals surface area contributed by atoms with E-state index in [0.717, 1.165) is 45.6 Å². The summed E-state index contributed by atoms with van der Waals surface area (Å²) in [6, 6.07) is 13.5. The Kier molecular flexibility index (Phi) is 4.97. The highest BCUT2D eigenvalue weighted by molar-refractivity contribution is 7.21. The van der Waals surface area contributed by atoms with Crippen LogP contribution in [0.15, 0.2) is 47.5 Å². The number of rotatable bonds is 3. The number of thiophene rings is 1. The lowest BCUT2D eigenvalue weighted by molar-refractivity contribution is 0.103. The largest absolute Gasteiger partial charge is 0.368 e. The molecule has 1 aliphatic heterocycles. The lowest BCUT2D eigenvalue weighted by atomic mass is 10.1. The van der Waals surface area contributed by atoms with Crippen LogP contribution in [-0.2, 0) is 0 Å². The van der Waals surface area contributed by atoms with Crippen LogP contribution in [0.4, 0.5) is 5.95 Å². The minimum Gasteiger partial charge on any atom is -0.368 e. The topological polar surface area (TPSA) is 82.2 Å². The van der Waals surface area contributed by atoms with E-state index in [-0.39, 0.29) is 18.3 Å². The molecule has 0 fully saturated rings. The van der Waals surface area contributed by atoms with Crippen molar-refractivity contribution >= 4 is 74.2 Å². The first-order valence-corrected chi connectivity index (χ1v) is 9.65. The highest BCUT2D eigenvalue weighted by Gasteiger charge is 2.19. The Morgan fingerprint density at radius 2 is 2.07 bits per heavy atom. The molecule has 0 radical (unpaired) electrons. The van der Waals surface area contributed by atoms with Gasteiger partial charge in [-0.3, -0.25) is 15.1 Å². The van der Waals surface area contributed by atoms with E-state index in [4.69, 9.17) is 11.6 Å². The van der Waals surface area contributed by atoms with Crippen molar-refractivity contribution in [3.05, 3.63) is 57.9 Å². The summed E-state index contributed by atoms with van der Waals surface area (Å²) in [4.78, 5) is 25.1. The number of aromatic amines is 1. The maximum atomic E-state index is 12.7. The standard InChI is InChI=1S/C19H14ClN5OS.ClH/c20-15-11-6-5-10(17-21-7-8-22-17)9-14(11)27-16(15)18(26)25-19-23-12-3-1-2-4-13(12)24-19;/h1-6,9H,7-8H2,(H,21,22)(H2,23,24,25,26);1H. The monoisotopic (exact) mass is 431 g/mol. The molecule has 0 aliphatic carbocycles. The van der Waals surface area contributed by atoms with Gasteiger partial charge in [0, 0.05) is 22.2 Å². The molecule has 0 unspecified atom stereocenters. The van der Waals surface area contributed by atoms with E-state index in [1.54, 1.807) is 0 Å². The SMILES string of the molecule is Cl.O=C(Nc1nc2ccccc2[nH]1)c1sc2cc(C3=NCCN3)ccc2c1Cl. The van der Waals surface area contributed by atoms with Crippen LogP contribution in [-0.4, -0.2) is 34.8 Å². The quantitative estimate of drug-likeness (QED) is 0.447. The van der Waals surface area contributed by atoms with Gasteiger partial charge in [0.05, 0.1) is 22.6 Å². The Balaban J connectivity index is 0.00000192. The molecule has 0 saturated carbocycles. The first kappa shape index (κ1) is 18.7. The summed E-state index contributed by atoms with van der Waals surface area (Å²) in [7, 11) is 0. The number of amidine groups is 1. The van der Waals surface area contributed by atoms with E-state index in [9.17, 15) is 4.79 Å². The van der Waals surface area contributed by atoms with Crippen molar-refractivity contribution in [2.75, 3.05) is 18.4 Å². The number of H-pyrrole nitrogens is 1. The summed E-state index contributed by atoms with van der Waals surface area (Å²) in [5, 5.41) is 7.38. The van der Waals surface area contributed by atoms with Crippen molar-refractivity contribution in [2.24, 2.45) is 4.99 Å². The molecule has 5 rings (SSSR count). The average molecular weight is 432 g/mol. The maximum absolute atomic E-state index is 12.7. The number of hydrogen-bond donors (Lipinski definition) is 3. The minimum atomic E-state index is -0.280. The van der Waals surface area contributed by atoms with E-state index in [0.29, 0.717) is 15.8 Å². The zero-order valence-electron chi connectivity index (χ0n) is 14.5. The van der Waals surface area contributed by atoms with Gasteiger partial charge in [0.25, 0.3) is 5.91 Å². The molecular weight excluding hydrogens is 417 g/mol. The van der Waals surface area contributed by atoms with Crippen molar-refractivity contribution in [1.82, 2.24) is 15.3 Å². The molecule has 0 spiro atoms. The molecule has 0 atom stereocenters. The fourth-order valence-corrected chi connectivity index (χ4v) is 4.58. The molecule has 2 aromatic heterocycles. The molecule has 6 nitrogen and oxygen atoms in total. The van der Waals surface area contributed by atoms with Gasteiger partial charge < -0.3 is 10.3 Å². The minimum absolute atomic E-state index is 0. The number of aromatic nitrogens is 2. The summed E-state index contributed by atoms with van der Waals surface area (Å²) >= 11 is 7.84. The van der Waals surface area contributed by atoms with Crippen LogP contribution >= 0.6 is 35.3 Å². The van der Waals surface area contributed by atoms with E-state index in [2.05, 4.69) is 25.6 Å². The Labute approximate surface area is 175 Å². The number of nitrogens with zero attached hydrogens (tertiary/aromatic N) is 2. The lowest BCUT2D eigenvalue weighted by Crippen LogP contribution is -2.19. The molecule has 3 heterocycles. The number of halogens is 2. The first-order chi connectivity index (χ1) is 13.2.